The molecule has 1 aromatic carbocycles. The summed E-state index contributed by atoms with van der Waals surface area (Å²) in [4.78, 5) is 16.0. The second-order valence-corrected chi connectivity index (χ2v) is 7.62. The average Bonchev–Trinajstić information content (AvgIpc) is 3.08. The van der Waals surface area contributed by atoms with Gasteiger partial charge in [0.15, 0.2) is 0 Å². The lowest BCUT2D eigenvalue weighted by Crippen LogP contribution is -2.15. The van der Waals surface area contributed by atoms with Crippen LogP contribution in [0.1, 0.15) is 21.6 Å². The number of nitrogens with one attached hydrogen (secondary N) is 1. The number of aryl methyl sites for hydroxylation is 1. The number of amides is 1. The molecule has 6 nitrogen and oxygen atoms in total. The first kappa shape index (κ1) is 17.8. The van der Waals surface area contributed by atoms with Crippen LogP contribution in [-0.4, -0.2) is 23.3 Å². The third-order valence-electron chi connectivity index (χ3n) is 3.69. The molecule has 2 aromatic heterocycles. The summed E-state index contributed by atoms with van der Waals surface area (Å²) in [5, 5.41) is 2.57. The quantitative estimate of drug-likeness (QED) is 0.746. The van der Waals surface area contributed by atoms with Crippen molar-refractivity contribution in [2.45, 2.75) is 12.7 Å². The van der Waals surface area contributed by atoms with Crippen LogP contribution in [-0.2, 0) is 15.8 Å². The van der Waals surface area contributed by atoms with Gasteiger partial charge in [-0.3, -0.25) is 13.8 Å². The zero-order chi connectivity index (χ0) is 18.7. The van der Waals surface area contributed by atoms with E-state index in [1.54, 1.807) is 31.2 Å². The fourth-order valence-electron chi connectivity index (χ4n) is 2.36. The second-order valence-electron chi connectivity index (χ2n) is 5.75. The summed E-state index contributed by atoms with van der Waals surface area (Å²) < 4.78 is 39.8. The summed E-state index contributed by atoms with van der Waals surface area (Å²) in [5.74, 6) is -1.50. The third kappa shape index (κ3) is 3.97. The minimum Gasteiger partial charge on any atom is -0.319 e. The van der Waals surface area contributed by atoms with Gasteiger partial charge in [-0.15, -0.1) is 0 Å². The van der Waals surface area contributed by atoms with E-state index >= 15 is 0 Å². The predicted molar refractivity (Wildman–Crippen MR) is 95.8 cm³/mol. The fraction of sp³-hybridized carbons (Fsp3) is 0.111. The van der Waals surface area contributed by atoms with Crippen LogP contribution in [0.15, 0.2) is 61.1 Å². The number of aromatic nitrogens is 2. The first-order chi connectivity index (χ1) is 12.3. The number of hydrogen-bond donors (Lipinski definition) is 1. The minimum atomic E-state index is -3.82. The smallest absolute Gasteiger partial charge is 0.274 e. The van der Waals surface area contributed by atoms with Gasteiger partial charge in [0.1, 0.15) is 11.5 Å². The Hall–Kier alpha value is -3.00. The molecule has 0 aliphatic carbocycles. The Morgan fingerprint density at radius 3 is 2.73 bits per heavy atom. The molecule has 3 rings (SSSR count). The SMILES string of the molecule is Cc1ccc(CS(=O)(=O)n2ccc(NC(=O)c3ccccn3)c2)c(F)c1. The van der Waals surface area contributed by atoms with Crippen molar-refractivity contribution in [2.24, 2.45) is 0 Å². The van der Waals surface area contributed by atoms with Crippen LogP contribution in [0.5, 0.6) is 0 Å². The standard InChI is InChI=1S/C18H16FN3O3S/c1-13-5-6-14(16(19)10-13)12-26(24,25)22-9-7-15(11-22)21-18(23)17-4-2-3-8-20-17/h2-11H,12H2,1H3,(H,21,23). The summed E-state index contributed by atoms with van der Waals surface area (Å²) in [6.45, 7) is 1.73. The first-order valence-corrected chi connectivity index (χ1v) is 9.35. The molecule has 2 heterocycles. The lowest BCUT2D eigenvalue weighted by atomic mass is 10.2. The lowest BCUT2D eigenvalue weighted by Gasteiger charge is -2.07. The van der Waals surface area contributed by atoms with Gasteiger partial charge in [-0.05, 0) is 36.8 Å². The summed E-state index contributed by atoms with van der Waals surface area (Å²) in [5.41, 5.74) is 1.31. The van der Waals surface area contributed by atoms with Crippen LogP contribution in [0, 0.1) is 12.7 Å². The van der Waals surface area contributed by atoms with Crippen molar-refractivity contribution in [1.29, 1.82) is 0 Å². The Morgan fingerprint density at radius 1 is 1.23 bits per heavy atom. The number of rotatable bonds is 5. The topological polar surface area (TPSA) is 81.1 Å². The number of benzene rings is 1. The molecule has 0 bridgehead atoms. The molecular weight excluding hydrogens is 357 g/mol. The largest absolute Gasteiger partial charge is 0.319 e. The van der Waals surface area contributed by atoms with Gasteiger partial charge in [0, 0.05) is 24.2 Å². The van der Waals surface area contributed by atoms with Crippen LogP contribution in [0.3, 0.4) is 0 Å². The molecule has 0 aliphatic rings. The molecule has 8 heteroatoms. The molecule has 0 aliphatic heterocycles. The van der Waals surface area contributed by atoms with E-state index in [0.717, 1.165) is 3.97 Å². The second kappa shape index (κ2) is 7.09. The molecule has 0 unspecified atom stereocenters. The van der Waals surface area contributed by atoms with E-state index in [1.807, 2.05) is 0 Å². The Balaban J connectivity index is 1.77. The van der Waals surface area contributed by atoms with E-state index in [1.165, 1.54) is 36.8 Å². The number of nitrogens with zero attached hydrogens (tertiary/aromatic N) is 2. The zero-order valence-corrected chi connectivity index (χ0v) is 14.7. The van der Waals surface area contributed by atoms with Crippen LogP contribution in [0.2, 0.25) is 0 Å². The third-order valence-corrected chi connectivity index (χ3v) is 5.24. The molecule has 0 atom stereocenters. The van der Waals surface area contributed by atoms with Gasteiger partial charge in [0.25, 0.3) is 5.91 Å². The Morgan fingerprint density at radius 2 is 2.04 bits per heavy atom. The molecule has 3 aromatic rings. The number of halogens is 1. The van der Waals surface area contributed by atoms with E-state index in [4.69, 9.17) is 0 Å². The predicted octanol–water partition coefficient (Wildman–Crippen LogP) is 2.96. The lowest BCUT2D eigenvalue weighted by molar-refractivity contribution is 0.102. The fourth-order valence-corrected chi connectivity index (χ4v) is 3.65. The van der Waals surface area contributed by atoms with Gasteiger partial charge in [0.2, 0.25) is 10.0 Å². The average molecular weight is 373 g/mol. The van der Waals surface area contributed by atoms with Gasteiger partial charge in [-0.1, -0.05) is 18.2 Å². The zero-order valence-electron chi connectivity index (χ0n) is 13.9. The number of carbonyl (C=O) groups is 1. The number of carbonyl (C=O) groups excluding carboxylic acids is 1. The molecule has 0 radical (unpaired) electrons. The highest BCUT2D eigenvalue weighted by atomic mass is 32.2. The van der Waals surface area contributed by atoms with Gasteiger partial charge in [-0.2, -0.15) is 0 Å². The van der Waals surface area contributed by atoms with Crippen molar-refractivity contribution in [1.82, 2.24) is 8.96 Å². The van der Waals surface area contributed by atoms with Crippen molar-refractivity contribution in [2.75, 3.05) is 5.32 Å². The van der Waals surface area contributed by atoms with Gasteiger partial charge < -0.3 is 5.32 Å². The van der Waals surface area contributed by atoms with Gasteiger partial charge >= 0.3 is 0 Å². The molecular formula is C18H16FN3O3S. The van der Waals surface area contributed by atoms with E-state index in [2.05, 4.69) is 10.3 Å². The molecule has 26 heavy (non-hydrogen) atoms. The van der Waals surface area contributed by atoms with Crippen LogP contribution in [0.25, 0.3) is 0 Å². The van der Waals surface area contributed by atoms with Crippen LogP contribution >= 0.6 is 0 Å². The summed E-state index contributed by atoms with van der Waals surface area (Å²) in [7, 11) is -3.82. The highest BCUT2D eigenvalue weighted by Crippen LogP contribution is 2.17. The molecule has 0 fully saturated rings. The van der Waals surface area contributed by atoms with Crippen molar-refractivity contribution in [3.05, 3.63) is 83.7 Å². The molecule has 134 valence electrons. The van der Waals surface area contributed by atoms with Crippen molar-refractivity contribution < 1.29 is 17.6 Å². The normalized spacial score (nSPS) is 11.3. The monoisotopic (exact) mass is 373 g/mol. The minimum absolute atomic E-state index is 0.0865. The van der Waals surface area contributed by atoms with Crippen molar-refractivity contribution in [3.8, 4) is 0 Å². The van der Waals surface area contributed by atoms with E-state index in [9.17, 15) is 17.6 Å². The number of hydrogen-bond acceptors (Lipinski definition) is 4. The molecule has 1 amide bonds. The summed E-state index contributed by atoms with van der Waals surface area (Å²) in [6.07, 6.45) is 4.05. The number of pyridine rings is 1. The van der Waals surface area contributed by atoms with E-state index in [-0.39, 0.29) is 11.3 Å². The van der Waals surface area contributed by atoms with Crippen molar-refractivity contribution >= 4 is 21.6 Å². The van der Waals surface area contributed by atoms with E-state index in [0.29, 0.717) is 11.3 Å². The molecule has 0 spiro atoms. The van der Waals surface area contributed by atoms with Crippen LogP contribution in [0.4, 0.5) is 10.1 Å². The van der Waals surface area contributed by atoms with E-state index < -0.39 is 27.5 Å². The first-order valence-electron chi connectivity index (χ1n) is 7.74. The summed E-state index contributed by atoms with van der Waals surface area (Å²) >= 11 is 0. The highest BCUT2D eigenvalue weighted by molar-refractivity contribution is 7.89. The molecule has 1 N–H and O–H groups in total. The maximum Gasteiger partial charge on any atom is 0.274 e. The summed E-state index contributed by atoms with van der Waals surface area (Å²) in [6, 6.07) is 10.8. The maximum atomic E-state index is 13.9. The highest BCUT2D eigenvalue weighted by Gasteiger charge is 2.18. The number of anilines is 1. The van der Waals surface area contributed by atoms with Gasteiger partial charge in [0.05, 0.1) is 11.4 Å². The Kier molecular flexibility index (Phi) is 4.85. The Bertz CT molecular complexity index is 1050. The molecule has 0 saturated heterocycles. The Labute approximate surface area is 150 Å². The van der Waals surface area contributed by atoms with Gasteiger partial charge in [-0.25, -0.2) is 12.8 Å². The van der Waals surface area contributed by atoms with Crippen LogP contribution < -0.4 is 5.32 Å². The van der Waals surface area contributed by atoms with Crippen molar-refractivity contribution in [3.63, 3.8) is 0 Å². The maximum absolute atomic E-state index is 13.9. The molecule has 0 saturated carbocycles.